The summed E-state index contributed by atoms with van der Waals surface area (Å²) < 4.78 is 5.54. The van der Waals surface area contributed by atoms with Gasteiger partial charge in [0.2, 0.25) is 5.91 Å². The molecule has 3 rings (SSSR count). The third-order valence-corrected chi connectivity index (χ3v) is 3.65. The van der Waals surface area contributed by atoms with E-state index in [9.17, 15) is 4.79 Å². The number of fused-ring (bicyclic) bond motifs is 1. The summed E-state index contributed by atoms with van der Waals surface area (Å²) in [5, 5.41) is 2.93. The van der Waals surface area contributed by atoms with E-state index in [1.54, 1.807) is 0 Å². The lowest BCUT2D eigenvalue weighted by Crippen LogP contribution is -2.22. The average Bonchev–Trinajstić information content (AvgIpc) is 2.88. The molecule has 0 bridgehead atoms. The fourth-order valence-electron chi connectivity index (χ4n) is 2.39. The maximum atomic E-state index is 12.4. The number of carbonyl (C=O) groups is 1. The Morgan fingerprint density at radius 1 is 1.25 bits per heavy atom. The van der Waals surface area contributed by atoms with Crippen LogP contribution in [-0.4, -0.2) is 12.5 Å². The number of amides is 1. The van der Waals surface area contributed by atoms with Crippen LogP contribution in [0.25, 0.3) is 0 Å². The van der Waals surface area contributed by atoms with E-state index in [2.05, 4.69) is 5.32 Å². The van der Waals surface area contributed by atoms with Gasteiger partial charge in [0, 0.05) is 16.9 Å². The predicted octanol–water partition coefficient (Wildman–Crippen LogP) is 2.69. The molecule has 0 aliphatic carbocycles. The van der Waals surface area contributed by atoms with Gasteiger partial charge in [-0.1, -0.05) is 24.3 Å². The number of anilines is 2. The third-order valence-electron chi connectivity index (χ3n) is 3.65. The summed E-state index contributed by atoms with van der Waals surface area (Å²) in [6.45, 7) is 2.27. The van der Waals surface area contributed by atoms with Crippen LogP contribution in [0.15, 0.2) is 42.5 Å². The molecule has 4 nitrogen and oxygen atoms in total. The first kappa shape index (κ1) is 12.5. The number of ether oxygens (including phenoxy) is 1. The Labute approximate surface area is 117 Å². The minimum absolute atomic E-state index is 0.0661. The summed E-state index contributed by atoms with van der Waals surface area (Å²) in [5.41, 5.74) is 9.09. The zero-order valence-corrected chi connectivity index (χ0v) is 11.2. The van der Waals surface area contributed by atoms with Crippen molar-refractivity contribution in [2.24, 2.45) is 0 Å². The molecule has 1 aliphatic heterocycles. The van der Waals surface area contributed by atoms with Crippen LogP contribution in [0.5, 0.6) is 5.75 Å². The highest BCUT2D eigenvalue weighted by molar-refractivity contribution is 5.98. The second kappa shape index (κ2) is 4.89. The molecule has 102 valence electrons. The first-order valence-electron chi connectivity index (χ1n) is 6.54. The van der Waals surface area contributed by atoms with Gasteiger partial charge in [0.05, 0.1) is 0 Å². The highest BCUT2D eigenvalue weighted by atomic mass is 16.5. The summed E-state index contributed by atoms with van der Waals surface area (Å²) in [4.78, 5) is 12.4. The molecule has 4 heteroatoms. The molecule has 0 fully saturated rings. The van der Waals surface area contributed by atoms with E-state index in [4.69, 9.17) is 10.5 Å². The summed E-state index contributed by atoms with van der Waals surface area (Å²) in [6, 6.07) is 13.1. The normalized spacial score (nSPS) is 16.4. The minimum atomic E-state index is -0.271. The van der Waals surface area contributed by atoms with Crippen molar-refractivity contribution in [2.45, 2.75) is 12.8 Å². The monoisotopic (exact) mass is 268 g/mol. The van der Waals surface area contributed by atoms with Crippen LogP contribution in [0.2, 0.25) is 0 Å². The van der Waals surface area contributed by atoms with Crippen LogP contribution >= 0.6 is 0 Å². The third kappa shape index (κ3) is 2.09. The van der Waals surface area contributed by atoms with E-state index < -0.39 is 0 Å². The molecule has 2 aromatic carbocycles. The topological polar surface area (TPSA) is 64.3 Å². The van der Waals surface area contributed by atoms with E-state index in [-0.39, 0.29) is 11.8 Å². The number of benzene rings is 2. The second-order valence-corrected chi connectivity index (χ2v) is 4.91. The Balaban J connectivity index is 1.83. The lowest BCUT2D eigenvalue weighted by atomic mass is 10.00. The van der Waals surface area contributed by atoms with Crippen molar-refractivity contribution in [3.8, 4) is 5.75 Å². The molecule has 0 spiro atoms. The van der Waals surface area contributed by atoms with Gasteiger partial charge in [0.25, 0.3) is 0 Å². The van der Waals surface area contributed by atoms with Crippen LogP contribution in [0.4, 0.5) is 11.4 Å². The summed E-state index contributed by atoms with van der Waals surface area (Å²) in [5.74, 6) is 0.452. The highest BCUT2D eigenvalue weighted by Gasteiger charge is 2.30. The van der Waals surface area contributed by atoms with Gasteiger partial charge in [-0.15, -0.1) is 0 Å². The zero-order valence-electron chi connectivity index (χ0n) is 11.2. The van der Waals surface area contributed by atoms with Crippen molar-refractivity contribution in [3.63, 3.8) is 0 Å². The maximum Gasteiger partial charge on any atom is 0.235 e. The Kier molecular flexibility index (Phi) is 3.06. The molecular formula is C16H16N2O2. The molecule has 0 radical (unpaired) electrons. The van der Waals surface area contributed by atoms with Crippen molar-refractivity contribution in [2.75, 3.05) is 17.7 Å². The lowest BCUT2D eigenvalue weighted by molar-refractivity contribution is -0.117. The van der Waals surface area contributed by atoms with Crippen molar-refractivity contribution in [3.05, 3.63) is 53.6 Å². The molecule has 3 N–H and O–H groups in total. The van der Waals surface area contributed by atoms with Gasteiger partial charge in [-0.25, -0.2) is 0 Å². The second-order valence-electron chi connectivity index (χ2n) is 4.91. The molecule has 20 heavy (non-hydrogen) atoms. The molecule has 1 atom stereocenters. The van der Waals surface area contributed by atoms with E-state index in [0.29, 0.717) is 12.3 Å². The van der Waals surface area contributed by atoms with Crippen molar-refractivity contribution in [1.82, 2.24) is 0 Å². The van der Waals surface area contributed by atoms with E-state index in [1.807, 2.05) is 49.4 Å². The molecular weight excluding hydrogens is 252 g/mol. The van der Waals surface area contributed by atoms with Gasteiger partial charge >= 0.3 is 0 Å². The molecule has 0 saturated heterocycles. The molecule has 0 saturated carbocycles. The predicted molar refractivity (Wildman–Crippen MR) is 78.9 cm³/mol. The number of rotatable bonds is 2. The quantitative estimate of drug-likeness (QED) is 0.823. The molecule has 2 aromatic rings. The van der Waals surface area contributed by atoms with Gasteiger partial charge in [-0.05, 0) is 30.7 Å². The van der Waals surface area contributed by atoms with Gasteiger partial charge in [0.1, 0.15) is 18.3 Å². The maximum absolute atomic E-state index is 12.4. The largest absolute Gasteiger partial charge is 0.492 e. The van der Waals surface area contributed by atoms with Crippen LogP contribution in [0.1, 0.15) is 17.0 Å². The zero-order chi connectivity index (χ0) is 14.1. The van der Waals surface area contributed by atoms with Gasteiger partial charge < -0.3 is 15.8 Å². The fraction of sp³-hybridized carbons (Fsp3) is 0.188. The van der Waals surface area contributed by atoms with Gasteiger partial charge in [-0.2, -0.15) is 0 Å². The standard InChI is InChI=1S/C16H16N2O2/c1-10-13(17)6-4-7-14(10)18-16(19)12-9-20-15-8-3-2-5-11(12)15/h2-8,12H,9,17H2,1H3,(H,18,19). The van der Waals surface area contributed by atoms with Crippen LogP contribution in [-0.2, 0) is 4.79 Å². The fourth-order valence-corrected chi connectivity index (χ4v) is 2.39. The summed E-state index contributed by atoms with van der Waals surface area (Å²) in [7, 11) is 0. The number of nitrogens with two attached hydrogens (primary N) is 1. The summed E-state index contributed by atoms with van der Waals surface area (Å²) in [6.07, 6.45) is 0. The lowest BCUT2D eigenvalue weighted by Gasteiger charge is -2.13. The first-order chi connectivity index (χ1) is 9.66. The molecule has 1 unspecified atom stereocenters. The van der Waals surface area contributed by atoms with E-state index >= 15 is 0 Å². The van der Waals surface area contributed by atoms with E-state index in [0.717, 1.165) is 22.6 Å². The number of para-hydroxylation sites is 1. The van der Waals surface area contributed by atoms with Crippen LogP contribution in [0, 0.1) is 6.92 Å². The molecule has 0 aromatic heterocycles. The summed E-state index contributed by atoms with van der Waals surface area (Å²) >= 11 is 0. The Hall–Kier alpha value is -2.49. The van der Waals surface area contributed by atoms with Gasteiger partial charge in [-0.3, -0.25) is 4.79 Å². The van der Waals surface area contributed by atoms with Crippen molar-refractivity contribution < 1.29 is 9.53 Å². The SMILES string of the molecule is Cc1c(N)cccc1NC(=O)C1COc2ccccc21. The van der Waals surface area contributed by atoms with Gasteiger partial charge in [0.15, 0.2) is 0 Å². The molecule has 1 aliphatic rings. The highest BCUT2D eigenvalue weighted by Crippen LogP contribution is 2.34. The number of hydrogen-bond donors (Lipinski definition) is 2. The number of nitrogens with one attached hydrogen (secondary N) is 1. The average molecular weight is 268 g/mol. The Bertz CT molecular complexity index is 667. The smallest absolute Gasteiger partial charge is 0.235 e. The van der Waals surface area contributed by atoms with E-state index in [1.165, 1.54) is 0 Å². The van der Waals surface area contributed by atoms with Crippen LogP contribution in [0.3, 0.4) is 0 Å². The van der Waals surface area contributed by atoms with Crippen LogP contribution < -0.4 is 15.8 Å². The Morgan fingerprint density at radius 3 is 2.90 bits per heavy atom. The number of carbonyl (C=O) groups excluding carboxylic acids is 1. The number of nitrogen functional groups attached to an aromatic ring is 1. The Morgan fingerprint density at radius 2 is 2.05 bits per heavy atom. The van der Waals surface area contributed by atoms with Crippen molar-refractivity contribution >= 4 is 17.3 Å². The number of hydrogen-bond acceptors (Lipinski definition) is 3. The van der Waals surface area contributed by atoms with Crippen molar-refractivity contribution in [1.29, 1.82) is 0 Å². The minimum Gasteiger partial charge on any atom is -0.492 e. The molecule has 1 heterocycles. The molecule has 1 amide bonds. The first-order valence-corrected chi connectivity index (χ1v) is 6.54.